The number of benzene rings is 1. The second-order valence-corrected chi connectivity index (χ2v) is 9.80. The van der Waals surface area contributed by atoms with E-state index < -0.39 is 8.32 Å². The minimum Gasteiger partial charge on any atom is -0.539 e. The Labute approximate surface area is 116 Å². The van der Waals surface area contributed by atoms with Crippen molar-refractivity contribution in [1.29, 1.82) is 0 Å². The molecule has 0 aliphatic heterocycles. The zero-order valence-corrected chi connectivity index (χ0v) is 13.4. The lowest BCUT2D eigenvalue weighted by atomic mass is 10.1. The van der Waals surface area contributed by atoms with Gasteiger partial charge in [0.2, 0.25) is 8.32 Å². The number of aliphatic hydroxyl groups is 1. The minimum absolute atomic E-state index is 0.178. The van der Waals surface area contributed by atoms with E-state index in [9.17, 15) is 0 Å². The molecule has 0 radical (unpaired) electrons. The van der Waals surface area contributed by atoms with Crippen LogP contribution in [0.3, 0.4) is 0 Å². The summed E-state index contributed by atoms with van der Waals surface area (Å²) >= 11 is 0. The molecule has 0 heterocycles. The molecule has 0 amide bonds. The molecule has 0 aliphatic rings. The normalized spacial score (nSPS) is 11.3. The summed E-state index contributed by atoms with van der Waals surface area (Å²) < 4.78 is 16.9. The van der Waals surface area contributed by atoms with Crippen LogP contribution in [0.15, 0.2) is 12.1 Å². The molecule has 0 fully saturated rings. The molecule has 0 saturated carbocycles. The van der Waals surface area contributed by atoms with E-state index in [2.05, 4.69) is 19.6 Å². The maximum atomic E-state index is 8.91. The van der Waals surface area contributed by atoms with E-state index in [1.54, 1.807) is 14.2 Å². The zero-order valence-electron chi connectivity index (χ0n) is 12.4. The summed E-state index contributed by atoms with van der Waals surface area (Å²) in [4.78, 5) is 0. The molecule has 0 aliphatic carbocycles. The Morgan fingerprint density at radius 1 is 1.05 bits per heavy atom. The average molecular weight is 284 g/mol. The summed E-state index contributed by atoms with van der Waals surface area (Å²) in [6.07, 6.45) is 1.51. The first-order chi connectivity index (χ1) is 8.91. The minimum atomic E-state index is -1.74. The molecule has 0 unspecified atom stereocenters. The molecule has 1 N–H and O–H groups in total. The van der Waals surface area contributed by atoms with E-state index in [1.165, 1.54) is 0 Å². The number of ether oxygens (including phenoxy) is 2. The summed E-state index contributed by atoms with van der Waals surface area (Å²) in [6, 6.07) is 3.90. The standard InChI is InChI=1S/C14H24O4Si/c1-16-12-9-11(7-6-8-15)10-13(17-2)14(12)18-19(3,4)5/h9-10,15H,6-8H2,1-5H3. The van der Waals surface area contributed by atoms with Gasteiger partial charge in [0.05, 0.1) is 14.2 Å². The van der Waals surface area contributed by atoms with Gasteiger partial charge in [-0.05, 0) is 50.2 Å². The number of rotatable bonds is 7. The van der Waals surface area contributed by atoms with Crippen LogP contribution in [0, 0.1) is 0 Å². The van der Waals surface area contributed by atoms with E-state index in [4.69, 9.17) is 19.0 Å². The number of aliphatic hydroxyl groups excluding tert-OH is 1. The van der Waals surface area contributed by atoms with E-state index in [0.717, 1.165) is 18.4 Å². The molecule has 0 aromatic heterocycles. The van der Waals surface area contributed by atoms with Gasteiger partial charge in [0, 0.05) is 6.61 Å². The first kappa shape index (κ1) is 15.9. The van der Waals surface area contributed by atoms with Crippen LogP contribution < -0.4 is 13.9 Å². The highest BCUT2D eigenvalue weighted by molar-refractivity contribution is 6.70. The highest BCUT2D eigenvalue weighted by Gasteiger charge is 2.22. The van der Waals surface area contributed by atoms with Crippen molar-refractivity contribution >= 4 is 8.32 Å². The third-order valence-electron chi connectivity index (χ3n) is 2.55. The second kappa shape index (κ2) is 6.82. The Hall–Kier alpha value is -1.20. The molecular formula is C14H24O4Si. The summed E-state index contributed by atoms with van der Waals surface area (Å²) in [5.74, 6) is 2.06. The van der Waals surface area contributed by atoms with Crippen LogP contribution in [0.4, 0.5) is 0 Å². The molecular weight excluding hydrogens is 260 g/mol. The van der Waals surface area contributed by atoms with Gasteiger partial charge in [-0.1, -0.05) is 0 Å². The van der Waals surface area contributed by atoms with Crippen molar-refractivity contribution in [2.75, 3.05) is 20.8 Å². The van der Waals surface area contributed by atoms with Gasteiger partial charge in [0.25, 0.3) is 0 Å². The topological polar surface area (TPSA) is 47.9 Å². The second-order valence-electron chi connectivity index (χ2n) is 5.37. The lowest BCUT2D eigenvalue weighted by Gasteiger charge is -2.23. The maximum absolute atomic E-state index is 8.91. The van der Waals surface area contributed by atoms with Gasteiger partial charge in [0.15, 0.2) is 17.2 Å². The van der Waals surface area contributed by atoms with Gasteiger partial charge >= 0.3 is 0 Å². The third kappa shape index (κ3) is 4.76. The molecule has 0 saturated heterocycles. The molecule has 0 spiro atoms. The number of hydrogen-bond donors (Lipinski definition) is 1. The molecule has 1 aromatic rings. The van der Waals surface area contributed by atoms with Crippen molar-refractivity contribution < 1.29 is 19.0 Å². The van der Waals surface area contributed by atoms with E-state index in [1.807, 2.05) is 12.1 Å². The summed E-state index contributed by atoms with van der Waals surface area (Å²) in [5.41, 5.74) is 1.07. The highest BCUT2D eigenvalue weighted by Crippen LogP contribution is 2.40. The van der Waals surface area contributed by atoms with Gasteiger partial charge in [0.1, 0.15) is 0 Å². The quantitative estimate of drug-likeness (QED) is 0.782. The van der Waals surface area contributed by atoms with Crippen LogP contribution in [-0.4, -0.2) is 34.3 Å². The van der Waals surface area contributed by atoms with Gasteiger partial charge < -0.3 is 19.0 Å². The largest absolute Gasteiger partial charge is 0.539 e. The molecule has 108 valence electrons. The number of aryl methyl sites for hydroxylation is 1. The van der Waals surface area contributed by atoms with Crippen molar-refractivity contribution in [3.63, 3.8) is 0 Å². The molecule has 19 heavy (non-hydrogen) atoms. The van der Waals surface area contributed by atoms with Gasteiger partial charge in [-0.15, -0.1) is 0 Å². The fourth-order valence-electron chi connectivity index (χ4n) is 1.77. The molecule has 0 bridgehead atoms. The van der Waals surface area contributed by atoms with Gasteiger partial charge in [-0.25, -0.2) is 0 Å². The number of methoxy groups -OCH3 is 2. The van der Waals surface area contributed by atoms with Crippen LogP contribution in [-0.2, 0) is 6.42 Å². The van der Waals surface area contributed by atoms with Crippen molar-refractivity contribution in [2.24, 2.45) is 0 Å². The summed E-state index contributed by atoms with van der Waals surface area (Å²) in [6.45, 7) is 6.53. The van der Waals surface area contributed by atoms with Crippen LogP contribution in [0.1, 0.15) is 12.0 Å². The van der Waals surface area contributed by atoms with Crippen LogP contribution in [0.25, 0.3) is 0 Å². The highest BCUT2D eigenvalue weighted by atomic mass is 28.4. The lowest BCUT2D eigenvalue weighted by Crippen LogP contribution is -2.29. The van der Waals surface area contributed by atoms with Crippen molar-refractivity contribution in [2.45, 2.75) is 32.5 Å². The monoisotopic (exact) mass is 284 g/mol. The van der Waals surface area contributed by atoms with Crippen molar-refractivity contribution in [3.05, 3.63) is 17.7 Å². The Kier molecular flexibility index (Phi) is 5.69. The van der Waals surface area contributed by atoms with Crippen LogP contribution in [0.5, 0.6) is 17.2 Å². The third-order valence-corrected chi connectivity index (χ3v) is 3.37. The fraction of sp³-hybridized carbons (Fsp3) is 0.571. The first-order valence-electron chi connectivity index (χ1n) is 6.46. The smallest absolute Gasteiger partial charge is 0.242 e. The Morgan fingerprint density at radius 2 is 1.58 bits per heavy atom. The van der Waals surface area contributed by atoms with Crippen LogP contribution in [0.2, 0.25) is 19.6 Å². The predicted octanol–water partition coefficient (Wildman–Crippen LogP) is 2.84. The zero-order chi connectivity index (χ0) is 14.5. The molecule has 0 atom stereocenters. The molecule has 5 heteroatoms. The Bertz CT molecular complexity index is 387. The molecule has 1 aromatic carbocycles. The first-order valence-corrected chi connectivity index (χ1v) is 9.87. The maximum Gasteiger partial charge on any atom is 0.242 e. The summed E-state index contributed by atoms with van der Waals surface area (Å²) in [5, 5.41) is 8.91. The predicted molar refractivity (Wildman–Crippen MR) is 78.9 cm³/mol. The lowest BCUT2D eigenvalue weighted by molar-refractivity contribution is 0.288. The van der Waals surface area contributed by atoms with Crippen LogP contribution >= 0.6 is 0 Å². The van der Waals surface area contributed by atoms with E-state index >= 15 is 0 Å². The fourth-order valence-corrected chi connectivity index (χ4v) is 2.58. The molecule has 4 nitrogen and oxygen atoms in total. The molecule has 1 rings (SSSR count). The average Bonchev–Trinajstić information content (AvgIpc) is 2.35. The van der Waals surface area contributed by atoms with Crippen molar-refractivity contribution in [1.82, 2.24) is 0 Å². The van der Waals surface area contributed by atoms with Gasteiger partial charge in [-0.3, -0.25) is 0 Å². The van der Waals surface area contributed by atoms with Crippen molar-refractivity contribution in [3.8, 4) is 17.2 Å². The number of hydrogen-bond acceptors (Lipinski definition) is 4. The Balaban J connectivity index is 3.14. The summed E-state index contributed by atoms with van der Waals surface area (Å²) in [7, 11) is 1.52. The van der Waals surface area contributed by atoms with E-state index in [-0.39, 0.29) is 6.61 Å². The van der Waals surface area contributed by atoms with E-state index in [0.29, 0.717) is 17.2 Å². The Morgan fingerprint density at radius 3 is 1.95 bits per heavy atom. The van der Waals surface area contributed by atoms with Gasteiger partial charge in [-0.2, -0.15) is 0 Å². The SMILES string of the molecule is COc1cc(CCCO)cc(OC)c1O[Si](C)(C)C.